The molecule has 0 amide bonds. The van der Waals surface area contributed by atoms with Gasteiger partial charge >= 0.3 is 12.1 Å². The molecule has 0 radical (unpaired) electrons. The zero-order chi connectivity index (χ0) is 22.5. The molecule has 0 bridgehead atoms. The lowest BCUT2D eigenvalue weighted by molar-refractivity contribution is -0.179. The van der Waals surface area contributed by atoms with Gasteiger partial charge in [-0.1, -0.05) is 0 Å². The molecule has 1 aliphatic heterocycles. The van der Waals surface area contributed by atoms with Crippen LogP contribution in [0.25, 0.3) is 33.5 Å². The maximum Gasteiger partial charge on any atom is 0.391 e. The van der Waals surface area contributed by atoms with E-state index >= 15 is 0 Å². The summed E-state index contributed by atoms with van der Waals surface area (Å²) in [5.41, 5.74) is 4.05. The van der Waals surface area contributed by atoms with Crippen LogP contribution in [0.15, 0.2) is 36.4 Å². The molecule has 1 aliphatic rings. The summed E-state index contributed by atoms with van der Waals surface area (Å²) < 4.78 is 43.6. The molecular weight excluding hydrogens is 423 g/mol. The minimum absolute atomic E-state index is 0.0948. The van der Waals surface area contributed by atoms with E-state index in [-0.39, 0.29) is 12.8 Å². The van der Waals surface area contributed by atoms with E-state index in [1.54, 1.807) is 18.2 Å². The lowest BCUT2D eigenvalue weighted by atomic mass is 9.96. The molecule has 2 aromatic carbocycles. The van der Waals surface area contributed by atoms with Crippen LogP contribution in [0.1, 0.15) is 23.2 Å². The number of nitrogens with zero attached hydrogens (tertiary/aromatic N) is 3. The molecule has 0 spiro atoms. The molecule has 32 heavy (non-hydrogen) atoms. The number of benzene rings is 2. The van der Waals surface area contributed by atoms with E-state index < -0.39 is 18.1 Å². The van der Waals surface area contributed by atoms with Gasteiger partial charge in [-0.2, -0.15) is 18.3 Å². The highest BCUT2D eigenvalue weighted by atomic mass is 19.4. The largest absolute Gasteiger partial charge is 0.465 e. The molecule has 1 saturated heterocycles. The second-order valence-corrected chi connectivity index (χ2v) is 7.91. The van der Waals surface area contributed by atoms with Crippen molar-refractivity contribution >= 4 is 33.6 Å². The Kier molecular flexibility index (Phi) is 4.79. The molecule has 0 atom stereocenters. The summed E-state index contributed by atoms with van der Waals surface area (Å²) in [6.45, 7) is 0.716. The van der Waals surface area contributed by atoms with Crippen LogP contribution in [0, 0.1) is 5.92 Å². The number of aromatic nitrogens is 4. The molecule has 3 heterocycles. The predicted molar refractivity (Wildman–Crippen MR) is 114 cm³/mol. The molecule has 0 unspecified atom stereocenters. The number of hydrogen-bond acceptors (Lipinski definition) is 5. The summed E-state index contributed by atoms with van der Waals surface area (Å²) in [6, 6.07) is 10.7. The van der Waals surface area contributed by atoms with Crippen LogP contribution in [-0.4, -0.2) is 52.5 Å². The lowest BCUT2D eigenvalue weighted by Gasteiger charge is -2.34. The molecule has 5 rings (SSSR count). The molecule has 0 aliphatic carbocycles. The normalized spacial score (nSPS) is 15.6. The summed E-state index contributed by atoms with van der Waals surface area (Å²) in [7, 11) is 1.32. The Morgan fingerprint density at radius 3 is 2.62 bits per heavy atom. The van der Waals surface area contributed by atoms with Crippen molar-refractivity contribution in [3.05, 3.63) is 42.0 Å². The molecule has 166 valence electrons. The number of anilines is 1. The first kappa shape index (κ1) is 20.3. The van der Waals surface area contributed by atoms with Gasteiger partial charge in [0.05, 0.1) is 35.1 Å². The Balaban J connectivity index is 1.44. The average molecular weight is 443 g/mol. The minimum Gasteiger partial charge on any atom is -0.465 e. The third-order valence-corrected chi connectivity index (χ3v) is 6.00. The maximum atomic E-state index is 13.0. The number of rotatable bonds is 3. The van der Waals surface area contributed by atoms with E-state index in [0.717, 1.165) is 22.1 Å². The fourth-order valence-corrected chi connectivity index (χ4v) is 4.21. The minimum atomic E-state index is -4.13. The summed E-state index contributed by atoms with van der Waals surface area (Å²) in [5, 5.41) is 8.00. The number of esters is 1. The standard InChI is InChI=1S/C22H20F3N5O2/c1-32-21(31)12-2-4-16-15(10-12)19(29-28-16)20-26-17-5-3-14(11-18(17)27-20)30-8-6-13(7-9-30)22(23,24)25/h2-5,10-11,13H,6-9H2,1H3,(H,26,27)(H,28,29). The quantitative estimate of drug-likeness (QED) is 0.450. The van der Waals surface area contributed by atoms with Crippen LogP contribution in [0.3, 0.4) is 0 Å². The van der Waals surface area contributed by atoms with Crippen LogP contribution < -0.4 is 4.90 Å². The van der Waals surface area contributed by atoms with Crippen molar-refractivity contribution < 1.29 is 22.7 Å². The Morgan fingerprint density at radius 2 is 1.91 bits per heavy atom. The number of fused-ring (bicyclic) bond motifs is 2. The van der Waals surface area contributed by atoms with Gasteiger partial charge in [-0.15, -0.1) is 0 Å². The van der Waals surface area contributed by atoms with E-state index in [1.165, 1.54) is 7.11 Å². The number of H-pyrrole nitrogens is 2. The van der Waals surface area contributed by atoms with E-state index in [2.05, 4.69) is 20.2 Å². The second-order valence-electron chi connectivity index (χ2n) is 7.91. The van der Waals surface area contributed by atoms with Crippen LogP contribution in [-0.2, 0) is 4.74 Å². The topological polar surface area (TPSA) is 86.9 Å². The third-order valence-electron chi connectivity index (χ3n) is 6.00. The number of alkyl halides is 3. The Labute approximate surface area is 180 Å². The van der Waals surface area contributed by atoms with Crippen molar-refractivity contribution in [3.8, 4) is 11.5 Å². The summed E-state index contributed by atoms with van der Waals surface area (Å²) in [4.78, 5) is 21.7. The molecule has 0 saturated carbocycles. The van der Waals surface area contributed by atoms with Crippen molar-refractivity contribution in [1.82, 2.24) is 20.2 Å². The number of carbonyl (C=O) groups is 1. The monoisotopic (exact) mass is 443 g/mol. The average Bonchev–Trinajstić information content (AvgIpc) is 3.40. The van der Waals surface area contributed by atoms with Crippen LogP contribution in [0.4, 0.5) is 18.9 Å². The van der Waals surface area contributed by atoms with E-state index in [4.69, 9.17) is 4.74 Å². The van der Waals surface area contributed by atoms with Crippen molar-refractivity contribution in [1.29, 1.82) is 0 Å². The van der Waals surface area contributed by atoms with Gasteiger partial charge in [-0.05, 0) is 49.2 Å². The Bertz CT molecular complexity index is 1300. The highest BCUT2D eigenvalue weighted by Crippen LogP contribution is 2.36. The number of ether oxygens (including phenoxy) is 1. The van der Waals surface area contributed by atoms with Crippen molar-refractivity contribution in [2.24, 2.45) is 5.92 Å². The zero-order valence-corrected chi connectivity index (χ0v) is 17.2. The molecular formula is C22H20F3N5O2. The number of carbonyl (C=O) groups excluding carboxylic acids is 1. The van der Waals surface area contributed by atoms with Crippen molar-refractivity contribution in [3.63, 3.8) is 0 Å². The van der Waals surface area contributed by atoms with Crippen molar-refractivity contribution in [2.45, 2.75) is 19.0 Å². The van der Waals surface area contributed by atoms with E-state index in [0.29, 0.717) is 35.7 Å². The fraction of sp³-hybridized carbons (Fsp3) is 0.318. The van der Waals surface area contributed by atoms with E-state index in [9.17, 15) is 18.0 Å². The number of halogens is 3. The SMILES string of the molecule is COC(=O)c1ccc2[nH]nc(-c3nc4ccc(N5CCC(C(F)(F)F)CC5)cc4[nH]3)c2c1. The molecule has 2 N–H and O–H groups in total. The first-order chi connectivity index (χ1) is 15.3. The number of hydrogen-bond donors (Lipinski definition) is 2. The van der Waals surface area contributed by atoms with Gasteiger partial charge in [0.2, 0.25) is 0 Å². The number of imidazole rings is 1. The van der Waals surface area contributed by atoms with Crippen molar-refractivity contribution in [2.75, 3.05) is 25.1 Å². The molecule has 4 aromatic rings. The number of nitrogens with one attached hydrogen (secondary N) is 2. The number of methoxy groups -OCH3 is 1. The summed E-state index contributed by atoms with van der Waals surface area (Å²) in [6.07, 6.45) is -3.94. The van der Waals surface area contributed by atoms with Gasteiger partial charge in [0.15, 0.2) is 5.82 Å². The summed E-state index contributed by atoms with van der Waals surface area (Å²) >= 11 is 0. The Morgan fingerprint density at radius 1 is 1.12 bits per heavy atom. The molecule has 1 fully saturated rings. The first-order valence-electron chi connectivity index (χ1n) is 10.2. The highest BCUT2D eigenvalue weighted by Gasteiger charge is 2.41. The lowest BCUT2D eigenvalue weighted by Crippen LogP contribution is -2.38. The van der Waals surface area contributed by atoms with Gasteiger partial charge in [-0.3, -0.25) is 5.10 Å². The van der Waals surface area contributed by atoms with Gasteiger partial charge in [0, 0.05) is 24.2 Å². The second kappa shape index (κ2) is 7.54. The zero-order valence-electron chi connectivity index (χ0n) is 17.2. The van der Waals surface area contributed by atoms with Crippen LogP contribution in [0.5, 0.6) is 0 Å². The Hall–Kier alpha value is -3.56. The molecule has 2 aromatic heterocycles. The van der Waals surface area contributed by atoms with Gasteiger partial charge in [-0.25, -0.2) is 9.78 Å². The predicted octanol–water partition coefficient (Wildman–Crippen LogP) is 4.67. The van der Waals surface area contributed by atoms with Gasteiger partial charge < -0.3 is 14.6 Å². The summed E-state index contributed by atoms with van der Waals surface area (Å²) in [5.74, 6) is -1.15. The number of piperidine rings is 1. The highest BCUT2D eigenvalue weighted by molar-refractivity contribution is 5.99. The fourth-order valence-electron chi connectivity index (χ4n) is 4.21. The van der Waals surface area contributed by atoms with Crippen LogP contribution >= 0.6 is 0 Å². The van der Waals surface area contributed by atoms with Crippen LogP contribution in [0.2, 0.25) is 0 Å². The maximum absolute atomic E-state index is 13.0. The smallest absolute Gasteiger partial charge is 0.391 e. The van der Waals surface area contributed by atoms with E-state index in [1.807, 2.05) is 23.1 Å². The molecule has 10 heteroatoms. The number of aromatic amines is 2. The third kappa shape index (κ3) is 3.55. The first-order valence-corrected chi connectivity index (χ1v) is 10.2. The molecule has 7 nitrogen and oxygen atoms in total. The van der Waals surface area contributed by atoms with Gasteiger partial charge in [0.1, 0.15) is 5.69 Å². The van der Waals surface area contributed by atoms with Gasteiger partial charge in [0.25, 0.3) is 0 Å².